The molecule has 0 radical (unpaired) electrons. The SMILES string of the molecule is O=C(O)c1cccc2nnn(CCCC3CC3)c12. The van der Waals surface area contributed by atoms with Gasteiger partial charge in [-0.3, -0.25) is 0 Å². The summed E-state index contributed by atoms with van der Waals surface area (Å²) in [6.07, 6.45) is 4.94. The summed E-state index contributed by atoms with van der Waals surface area (Å²) in [6.45, 7) is 0.747. The van der Waals surface area contributed by atoms with Gasteiger partial charge >= 0.3 is 5.97 Å². The van der Waals surface area contributed by atoms with Crippen LogP contribution in [-0.4, -0.2) is 26.1 Å². The summed E-state index contributed by atoms with van der Waals surface area (Å²) in [5.74, 6) is -0.0370. The molecule has 0 spiro atoms. The molecule has 5 heteroatoms. The molecule has 0 atom stereocenters. The summed E-state index contributed by atoms with van der Waals surface area (Å²) >= 11 is 0. The molecule has 1 aliphatic rings. The van der Waals surface area contributed by atoms with Crippen LogP contribution in [-0.2, 0) is 6.54 Å². The van der Waals surface area contributed by atoms with E-state index in [9.17, 15) is 9.90 Å². The van der Waals surface area contributed by atoms with E-state index in [0.717, 1.165) is 18.9 Å². The highest BCUT2D eigenvalue weighted by Gasteiger charge is 2.21. The monoisotopic (exact) mass is 245 g/mol. The molecular weight excluding hydrogens is 230 g/mol. The highest BCUT2D eigenvalue weighted by atomic mass is 16.4. The summed E-state index contributed by atoms with van der Waals surface area (Å²) in [5.41, 5.74) is 1.58. The van der Waals surface area contributed by atoms with E-state index in [1.54, 1.807) is 22.9 Å². The Labute approximate surface area is 104 Å². The molecule has 2 aromatic rings. The number of carboxylic acids is 1. The van der Waals surface area contributed by atoms with Crippen molar-refractivity contribution in [3.63, 3.8) is 0 Å². The molecule has 0 saturated heterocycles. The third-order valence-electron chi connectivity index (χ3n) is 3.44. The molecule has 1 saturated carbocycles. The van der Waals surface area contributed by atoms with E-state index in [1.807, 2.05) is 0 Å². The van der Waals surface area contributed by atoms with Crippen molar-refractivity contribution in [2.24, 2.45) is 5.92 Å². The maximum atomic E-state index is 11.2. The number of aromatic carboxylic acids is 1. The van der Waals surface area contributed by atoms with Crippen LogP contribution < -0.4 is 0 Å². The molecule has 0 aliphatic heterocycles. The Hall–Kier alpha value is -1.91. The third-order valence-corrected chi connectivity index (χ3v) is 3.44. The summed E-state index contributed by atoms with van der Waals surface area (Å²) < 4.78 is 1.72. The average molecular weight is 245 g/mol. The predicted octanol–water partition coefficient (Wildman–Crippen LogP) is 2.32. The van der Waals surface area contributed by atoms with E-state index in [0.29, 0.717) is 11.0 Å². The van der Waals surface area contributed by atoms with Gasteiger partial charge < -0.3 is 5.11 Å². The quantitative estimate of drug-likeness (QED) is 0.877. The zero-order valence-corrected chi connectivity index (χ0v) is 10.0. The summed E-state index contributed by atoms with van der Waals surface area (Å²) in [6, 6.07) is 5.10. The van der Waals surface area contributed by atoms with Gasteiger partial charge in [0.15, 0.2) is 0 Å². The highest BCUT2D eigenvalue weighted by molar-refractivity contribution is 6.00. The molecule has 1 aromatic heterocycles. The second kappa shape index (κ2) is 4.40. The molecule has 0 amide bonds. The minimum atomic E-state index is -0.925. The van der Waals surface area contributed by atoms with Crippen molar-refractivity contribution in [2.45, 2.75) is 32.2 Å². The van der Waals surface area contributed by atoms with Gasteiger partial charge in [0, 0.05) is 6.54 Å². The number of rotatable bonds is 5. The number of carbonyl (C=O) groups is 1. The van der Waals surface area contributed by atoms with Crippen molar-refractivity contribution in [3.05, 3.63) is 23.8 Å². The van der Waals surface area contributed by atoms with E-state index >= 15 is 0 Å². The Morgan fingerprint density at radius 2 is 2.28 bits per heavy atom. The van der Waals surface area contributed by atoms with Gasteiger partial charge in [-0.15, -0.1) is 5.10 Å². The average Bonchev–Trinajstić information content (AvgIpc) is 3.09. The van der Waals surface area contributed by atoms with E-state index in [2.05, 4.69) is 10.3 Å². The Bertz CT molecular complexity index is 587. The smallest absolute Gasteiger partial charge is 0.337 e. The number of carboxylic acid groups (broad SMARTS) is 1. The maximum absolute atomic E-state index is 11.2. The Morgan fingerprint density at radius 1 is 1.44 bits per heavy atom. The molecular formula is C13H15N3O2. The highest BCUT2D eigenvalue weighted by Crippen LogP contribution is 2.33. The fourth-order valence-electron chi connectivity index (χ4n) is 2.30. The van der Waals surface area contributed by atoms with E-state index < -0.39 is 5.97 Å². The summed E-state index contributed by atoms with van der Waals surface area (Å²) in [5, 5.41) is 17.3. The van der Waals surface area contributed by atoms with Gasteiger partial charge in [-0.1, -0.05) is 24.1 Å². The van der Waals surface area contributed by atoms with Gasteiger partial charge in [0.05, 0.1) is 5.56 Å². The van der Waals surface area contributed by atoms with Crippen molar-refractivity contribution in [1.29, 1.82) is 0 Å². The molecule has 5 nitrogen and oxygen atoms in total. The van der Waals surface area contributed by atoms with Crippen LogP contribution in [0.3, 0.4) is 0 Å². The first-order chi connectivity index (χ1) is 8.75. The fourth-order valence-corrected chi connectivity index (χ4v) is 2.30. The number of benzene rings is 1. The van der Waals surface area contributed by atoms with Crippen LogP contribution in [0.2, 0.25) is 0 Å². The lowest BCUT2D eigenvalue weighted by Gasteiger charge is -2.04. The fraction of sp³-hybridized carbons (Fsp3) is 0.462. The van der Waals surface area contributed by atoms with Crippen LogP contribution in [0, 0.1) is 5.92 Å². The number of hydrogen-bond donors (Lipinski definition) is 1. The van der Waals surface area contributed by atoms with Crippen molar-refractivity contribution in [3.8, 4) is 0 Å². The number of aromatic nitrogens is 3. The second-order valence-corrected chi connectivity index (χ2v) is 4.88. The van der Waals surface area contributed by atoms with Gasteiger partial charge in [0.25, 0.3) is 0 Å². The number of hydrogen-bond acceptors (Lipinski definition) is 3. The van der Waals surface area contributed by atoms with Crippen LogP contribution in [0.4, 0.5) is 0 Å². The van der Waals surface area contributed by atoms with Crippen LogP contribution >= 0.6 is 0 Å². The summed E-state index contributed by atoms with van der Waals surface area (Å²) in [4.78, 5) is 11.2. The first-order valence-electron chi connectivity index (χ1n) is 6.31. The lowest BCUT2D eigenvalue weighted by Crippen LogP contribution is -2.05. The zero-order chi connectivity index (χ0) is 12.5. The molecule has 0 unspecified atom stereocenters. The Kier molecular flexibility index (Phi) is 2.74. The number of fused-ring (bicyclic) bond motifs is 1. The third kappa shape index (κ3) is 2.08. The maximum Gasteiger partial charge on any atom is 0.337 e. The normalized spacial score (nSPS) is 15.1. The summed E-state index contributed by atoms with van der Waals surface area (Å²) in [7, 11) is 0. The van der Waals surface area contributed by atoms with Crippen LogP contribution in [0.15, 0.2) is 18.2 Å². The lowest BCUT2D eigenvalue weighted by atomic mass is 10.1. The van der Waals surface area contributed by atoms with Crippen molar-refractivity contribution in [1.82, 2.24) is 15.0 Å². The van der Waals surface area contributed by atoms with Gasteiger partial charge in [-0.05, 0) is 30.9 Å². The van der Waals surface area contributed by atoms with Crippen LogP contribution in [0.1, 0.15) is 36.0 Å². The molecule has 1 fully saturated rings. The molecule has 1 N–H and O–H groups in total. The van der Waals surface area contributed by atoms with Crippen molar-refractivity contribution < 1.29 is 9.90 Å². The van der Waals surface area contributed by atoms with E-state index in [-0.39, 0.29) is 5.56 Å². The topological polar surface area (TPSA) is 68.0 Å². The second-order valence-electron chi connectivity index (χ2n) is 4.88. The molecule has 1 heterocycles. The minimum Gasteiger partial charge on any atom is -0.478 e. The molecule has 3 rings (SSSR count). The number of para-hydroxylation sites is 1. The van der Waals surface area contributed by atoms with Crippen molar-refractivity contribution >= 4 is 17.0 Å². The zero-order valence-electron chi connectivity index (χ0n) is 10.0. The molecule has 1 aromatic carbocycles. The van der Waals surface area contributed by atoms with Gasteiger partial charge in [-0.2, -0.15) is 0 Å². The van der Waals surface area contributed by atoms with E-state index in [1.165, 1.54) is 19.3 Å². The van der Waals surface area contributed by atoms with Gasteiger partial charge in [0.1, 0.15) is 11.0 Å². The molecule has 1 aliphatic carbocycles. The largest absolute Gasteiger partial charge is 0.478 e. The van der Waals surface area contributed by atoms with E-state index in [4.69, 9.17) is 0 Å². The Balaban J connectivity index is 1.87. The van der Waals surface area contributed by atoms with Gasteiger partial charge in [-0.25, -0.2) is 9.48 Å². The lowest BCUT2D eigenvalue weighted by molar-refractivity contribution is 0.0698. The number of nitrogens with zero attached hydrogens (tertiary/aromatic N) is 3. The van der Waals surface area contributed by atoms with Crippen molar-refractivity contribution in [2.75, 3.05) is 0 Å². The Morgan fingerprint density at radius 3 is 3.00 bits per heavy atom. The first kappa shape index (κ1) is 11.2. The number of aryl methyl sites for hydroxylation is 1. The standard InChI is InChI=1S/C13H15N3O2/c17-13(18)10-4-1-5-11-12(10)16(15-14-11)8-2-3-9-6-7-9/h1,4-5,9H,2-3,6-8H2,(H,17,18). The van der Waals surface area contributed by atoms with Crippen LogP contribution in [0.25, 0.3) is 11.0 Å². The molecule has 18 heavy (non-hydrogen) atoms. The predicted molar refractivity (Wildman–Crippen MR) is 66.4 cm³/mol. The minimum absolute atomic E-state index is 0.281. The first-order valence-corrected chi connectivity index (χ1v) is 6.31. The van der Waals surface area contributed by atoms with Gasteiger partial charge in [0.2, 0.25) is 0 Å². The molecule has 0 bridgehead atoms. The molecule has 94 valence electrons. The van der Waals surface area contributed by atoms with Crippen LogP contribution in [0.5, 0.6) is 0 Å².